The predicted molar refractivity (Wildman–Crippen MR) is 95.6 cm³/mol. The molecule has 2 N–H and O–H groups in total. The first-order valence-corrected chi connectivity index (χ1v) is 8.22. The number of carboxylic acids is 1. The zero-order valence-corrected chi connectivity index (χ0v) is 14.5. The molecule has 2 aromatic rings. The van der Waals surface area contributed by atoms with Crippen molar-refractivity contribution in [2.24, 2.45) is 0 Å². The average molecular weight is 341 g/mol. The number of hydrogen-bond acceptors (Lipinski definition) is 3. The fourth-order valence-corrected chi connectivity index (χ4v) is 2.46. The van der Waals surface area contributed by atoms with Crippen LogP contribution in [0.25, 0.3) is 0 Å². The van der Waals surface area contributed by atoms with Gasteiger partial charge in [-0.15, -0.1) is 0 Å². The van der Waals surface area contributed by atoms with E-state index in [0.717, 1.165) is 16.7 Å². The first-order valence-electron chi connectivity index (χ1n) is 8.22. The smallest absolute Gasteiger partial charge is 0.303 e. The molecule has 0 saturated heterocycles. The van der Waals surface area contributed by atoms with Crippen LogP contribution in [0.1, 0.15) is 35.6 Å². The normalized spacial score (nSPS) is 11.6. The summed E-state index contributed by atoms with van der Waals surface area (Å²) in [4.78, 5) is 23.1. The zero-order chi connectivity index (χ0) is 18.2. The van der Waals surface area contributed by atoms with Crippen molar-refractivity contribution in [1.29, 1.82) is 0 Å². The third kappa shape index (κ3) is 5.95. The van der Waals surface area contributed by atoms with E-state index in [1.54, 1.807) is 0 Å². The molecule has 0 heterocycles. The van der Waals surface area contributed by atoms with Gasteiger partial charge in [-0.2, -0.15) is 0 Å². The van der Waals surface area contributed by atoms with Gasteiger partial charge in [0.25, 0.3) is 5.91 Å². The largest absolute Gasteiger partial charge is 0.484 e. The van der Waals surface area contributed by atoms with E-state index in [1.165, 1.54) is 0 Å². The second-order valence-electron chi connectivity index (χ2n) is 6.00. The number of carboxylic acid groups (broad SMARTS) is 1. The minimum absolute atomic E-state index is 0.0160. The van der Waals surface area contributed by atoms with Gasteiger partial charge in [0.15, 0.2) is 6.61 Å². The van der Waals surface area contributed by atoms with Crippen LogP contribution in [0.5, 0.6) is 5.75 Å². The summed E-state index contributed by atoms with van der Waals surface area (Å²) in [6, 6.07) is 14.7. The molecule has 2 rings (SSSR count). The van der Waals surface area contributed by atoms with E-state index in [0.29, 0.717) is 12.2 Å². The monoisotopic (exact) mass is 341 g/mol. The predicted octanol–water partition coefficient (Wildman–Crippen LogP) is 3.40. The number of rotatable bonds is 8. The van der Waals surface area contributed by atoms with Crippen LogP contribution in [0.2, 0.25) is 0 Å². The SMILES string of the molecule is Cc1ccc(OCC(=O)NC(CCC(=O)O)c2ccccc2)cc1C. The molecule has 0 aromatic heterocycles. The van der Waals surface area contributed by atoms with Crippen LogP contribution in [0, 0.1) is 13.8 Å². The van der Waals surface area contributed by atoms with Crippen molar-refractivity contribution in [1.82, 2.24) is 5.32 Å². The van der Waals surface area contributed by atoms with Gasteiger partial charge in [0.1, 0.15) is 5.75 Å². The molecule has 0 aliphatic rings. The Bertz CT molecular complexity index is 728. The molecular weight excluding hydrogens is 318 g/mol. The minimum atomic E-state index is -0.887. The molecule has 0 bridgehead atoms. The summed E-state index contributed by atoms with van der Waals surface area (Å²) in [7, 11) is 0. The standard InChI is InChI=1S/C20H23NO4/c1-14-8-9-17(12-15(14)2)25-13-19(22)21-18(10-11-20(23)24)16-6-4-3-5-7-16/h3-9,12,18H,10-11,13H2,1-2H3,(H,21,22)(H,23,24). The zero-order valence-electron chi connectivity index (χ0n) is 14.5. The van der Waals surface area contributed by atoms with Crippen LogP contribution in [0.15, 0.2) is 48.5 Å². The second-order valence-corrected chi connectivity index (χ2v) is 6.00. The average Bonchev–Trinajstić information content (AvgIpc) is 2.60. The summed E-state index contributed by atoms with van der Waals surface area (Å²) in [6.45, 7) is 3.89. The molecule has 5 heteroatoms. The first kappa shape index (κ1) is 18.5. The Labute approximate surface area is 147 Å². The Morgan fingerprint density at radius 2 is 1.80 bits per heavy atom. The molecule has 0 saturated carbocycles. The second kappa shape index (κ2) is 8.87. The van der Waals surface area contributed by atoms with Gasteiger partial charge in [0.2, 0.25) is 0 Å². The number of carbonyl (C=O) groups is 2. The van der Waals surface area contributed by atoms with Crippen LogP contribution >= 0.6 is 0 Å². The molecule has 132 valence electrons. The lowest BCUT2D eigenvalue weighted by atomic mass is 10.0. The summed E-state index contributed by atoms with van der Waals surface area (Å²) in [5.74, 6) is -0.529. The van der Waals surface area contributed by atoms with Crippen molar-refractivity contribution in [3.05, 3.63) is 65.2 Å². The maximum Gasteiger partial charge on any atom is 0.303 e. The number of nitrogens with one attached hydrogen (secondary N) is 1. The highest BCUT2D eigenvalue weighted by molar-refractivity contribution is 5.78. The molecule has 0 aliphatic carbocycles. The summed E-state index contributed by atoms with van der Waals surface area (Å²) in [5, 5.41) is 11.8. The summed E-state index contributed by atoms with van der Waals surface area (Å²) >= 11 is 0. The van der Waals surface area contributed by atoms with Gasteiger partial charge in [-0.1, -0.05) is 36.4 Å². The van der Waals surface area contributed by atoms with E-state index in [-0.39, 0.29) is 25.0 Å². The third-order valence-electron chi connectivity index (χ3n) is 4.03. The summed E-state index contributed by atoms with van der Waals surface area (Å²) in [6.07, 6.45) is 0.312. The van der Waals surface area contributed by atoms with E-state index in [1.807, 2.05) is 62.4 Å². The highest BCUT2D eigenvalue weighted by atomic mass is 16.5. The molecule has 0 aliphatic heterocycles. The van der Waals surface area contributed by atoms with Gasteiger partial charge in [-0.3, -0.25) is 9.59 Å². The van der Waals surface area contributed by atoms with Gasteiger partial charge in [0.05, 0.1) is 6.04 Å². The van der Waals surface area contributed by atoms with Crippen LogP contribution in [0.3, 0.4) is 0 Å². The Morgan fingerprint density at radius 1 is 1.08 bits per heavy atom. The molecule has 0 fully saturated rings. The van der Waals surface area contributed by atoms with Gasteiger partial charge >= 0.3 is 5.97 Å². The Hall–Kier alpha value is -2.82. The number of ether oxygens (including phenoxy) is 1. The van der Waals surface area contributed by atoms with Crippen molar-refractivity contribution >= 4 is 11.9 Å². The molecule has 2 aromatic carbocycles. The Kier molecular flexibility index (Phi) is 6.57. The first-order chi connectivity index (χ1) is 12.0. The van der Waals surface area contributed by atoms with Gasteiger partial charge in [-0.05, 0) is 49.1 Å². The van der Waals surface area contributed by atoms with Crippen molar-refractivity contribution < 1.29 is 19.4 Å². The van der Waals surface area contributed by atoms with Gasteiger partial charge < -0.3 is 15.2 Å². The summed E-state index contributed by atoms with van der Waals surface area (Å²) < 4.78 is 5.54. The van der Waals surface area contributed by atoms with E-state index >= 15 is 0 Å². The number of hydrogen-bond donors (Lipinski definition) is 2. The van der Waals surface area contributed by atoms with E-state index in [2.05, 4.69) is 5.32 Å². The topological polar surface area (TPSA) is 75.6 Å². The van der Waals surface area contributed by atoms with Crippen LogP contribution in [0.4, 0.5) is 0 Å². The highest BCUT2D eigenvalue weighted by Crippen LogP contribution is 2.19. The molecule has 1 unspecified atom stereocenters. The van der Waals surface area contributed by atoms with E-state index < -0.39 is 5.97 Å². The molecule has 25 heavy (non-hydrogen) atoms. The fraction of sp³-hybridized carbons (Fsp3) is 0.300. The molecule has 1 amide bonds. The van der Waals surface area contributed by atoms with Crippen molar-refractivity contribution in [3.8, 4) is 5.75 Å². The maximum atomic E-state index is 12.2. The van der Waals surface area contributed by atoms with Crippen molar-refractivity contribution in [2.45, 2.75) is 32.7 Å². The van der Waals surface area contributed by atoms with E-state index in [4.69, 9.17) is 9.84 Å². The third-order valence-corrected chi connectivity index (χ3v) is 4.03. The highest BCUT2D eigenvalue weighted by Gasteiger charge is 2.16. The quantitative estimate of drug-likeness (QED) is 0.771. The maximum absolute atomic E-state index is 12.2. The molecule has 0 radical (unpaired) electrons. The molecule has 1 atom stereocenters. The van der Waals surface area contributed by atoms with Crippen LogP contribution in [-0.2, 0) is 9.59 Å². The fourth-order valence-electron chi connectivity index (χ4n) is 2.46. The van der Waals surface area contributed by atoms with Crippen LogP contribution < -0.4 is 10.1 Å². The van der Waals surface area contributed by atoms with Gasteiger partial charge in [0, 0.05) is 6.42 Å². The number of benzene rings is 2. The molecule has 0 spiro atoms. The lowest BCUT2D eigenvalue weighted by Gasteiger charge is -2.19. The lowest BCUT2D eigenvalue weighted by molar-refractivity contribution is -0.137. The number of carbonyl (C=O) groups excluding carboxylic acids is 1. The number of aliphatic carboxylic acids is 1. The molecular formula is C20H23NO4. The Morgan fingerprint density at radius 3 is 2.44 bits per heavy atom. The van der Waals surface area contributed by atoms with E-state index in [9.17, 15) is 9.59 Å². The number of amides is 1. The van der Waals surface area contributed by atoms with Crippen molar-refractivity contribution in [2.75, 3.05) is 6.61 Å². The molecule has 5 nitrogen and oxygen atoms in total. The van der Waals surface area contributed by atoms with Crippen molar-refractivity contribution in [3.63, 3.8) is 0 Å². The van der Waals surface area contributed by atoms with Crippen LogP contribution in [-0.4, -0.2) is 23.6 Å². The Balaban J connectivity index is 1.96. The number of aryl methyl sites for hydroxylation is 2. The lowest BCUT2D eigenvalue weighted by Crippen LogP contribution is -2.33. The summed E-state index contributed by atoms with van der Waals surface area (Å²) in [5.41, 5.74) is 3.14. The van der Waals surface area contributed by atoms with Gasteiger partial charge in [-0.25, -0.2) is 0 Å². The minimum Gasteiger partial charge on any atom is -0.484 e.